The van der Waals surface area contributed by atoms with Crippen LogP contribution in [0.3, 0.4) is 0 Å². The van der Waals surface area contributed by atoms with Gasteiger partial charge in [-0.15, -0.1) is 0 Å². The van der Waals surface area contributed by atoms with Gasteiger partial charge in [-0.05, 0) is 24.6 Å². The minimum absolute atomic E-state index is 0.228. The second-order valence-electron chi connectivity index (χ2n) is 2.86. The Labute approximate surface area is 91.3 Å². The second-order valence-corrected chi connectivity index (χ2v) is 4.85. The summed E-state index contributed by atoms with van der Waals surface area (Å²) in [7, 11) is -3.22. The van der Waals surface area contributed by atoms with Crippen molar-refractivity contribution in [2.24, 2.45) is 0 Å². The minimum atomic E-state index is -3.22. The first-order valence-electron chi connectivity index (χ1n) is 4.66. The quantitative estimate of drug-likeness (QED) is 0.736. The number of aryl methyl sites for hydroxylation is 1. The molecular weight excluding hydrogens is 210 g/mol. The van der Waals surface area contributed by atoms with Crippen molar-refractivity contribution in [3.8, 4) is 6.07 Å². The summed E-state index contributed by atoms with van der Waals surface area (Å²) in [5, 5.41) is 8.57. The third-order valence-corrected chi connectivity index (χ3v) is 2.96. The molecule has 0 saturated heterocycles. The zero-order chi connectivity index (χ0) is 12.1. The molecule has 0 aliphatic carbocycles. The minimum Gasteiger partial charge on any atom is -0.224 e. The van der Waals surface area contributed by atoms with Gasteiger partial charge >= 0.3 is 0 Å². The number of hydrogen-bond donors (Lipinski definition) is 0. The largest absolute Gasteiger partial charge is 0.224 e. The first kappa shape index (κ1) is 13.7. The summed E-state index contributed by atoms with van der Waals surface area (Å²) in [5.74, 6) is 0. The van der Waals surface area contributed by atoms with Crippen molar-refractivity contribution in [1.29, 1.82) is 5.26 Å². The Hall–Kier alpha value is -1.34. The third-order valence-electron chi connectivity index (χ3n) is 1.72. The van der Waals surface area contributed by atoms with Gasteiger partial charge in [0.2, 0.25) is 0 Å². The average Bonchev–Trinajstić information content (AvgIpc) is 2.20. The van der Waals surface area contributed by atoms with Gasteiger partial charge in [0.1, 0.15) is 0 Å². The van der Waals surface area contributed by atoms with E-state index in [4.69, 9.17) is 5.26 Å². The summed E-state index contributed by atoms with van der Waals surface area (Å²) in [6, 6.07) is 6.53. The highest BCUT2D eigenvalue weighted by atomic mass is 32.2. The molecule has 3 nitrogen and oxygen atoms in total. The van der Waals surface area contributed by atoms with E-state index in [0.29, 0.717) is 11.1 Å². The van der Waals surface area contributed by atoms with Gasteiger partial charge in [-0.3, -0.25) is 0 Å². The van der Waals surface area contributed by atoms with Gasteiger partial charge in [-0.2, -0.15) is 5.26 Å². The van der Waals surface area contributed by atoms with E-state index in [9.17, 15) is 8.42 Å². The standard InChI is InChI=1S/C9H9NO2S.C2H6/c1-7-3-4-8(6-10)5-9(7)13(2,11)12;1-2/h3-5H,1-2H3;1-2H3. The van der Waals surface area contributed by atoms with Crippen LogP contribution >= 0.6 is 0 Å². The number of hydrogen-bond acceptors (Lipinski definition) is 3. The van der Waals surface area contributed by atoms with Crippen molar-refractivity contribution in [1.82, 2.24) is 0 Å². The Morgan fingerprint density at radius 1 is 1.27 bits per heavy atom. The monoisotopic (exact) mass is 225 g/mol. The lowest BCUT2D eigenvalue weighted by atomic mass is 10.2. The van der Waals surface area contributed by atoms with Gasteiger partial charge in [0.05, 0.1) is 16.5 Å². The van der Waals surface area contributed by atoms with Crippen molar-refractivity contribution in [2.75, 3.05) is 6.26 Å². The zero-order valence-corrected chi connectivity index (χ0v) is 10.2. The molecule has 1 aromatic carbocycles. The Balaban J connectivity index is 0.000000921. The van der Waals surface area contributed by atoms with E-state index in [2.05, 4.69) is 0 Å². The molecular formula is C11H15NO2S. The van der Waals surface area contributed by atoms with Crippen molar-refractivity contribution in [3.63, 3.8) is 0 Å². The van der Waals surface area contributed by atoms with Crippen LogP contribution < -0.4 is 0 Å². The van der Waals surface area contributed by atoms with E-state index in [1.807, 2.05) is 19.9 Å². The maximum Gasteiger partial charge on any atom is 0.175 e. The van der Waals surface area contributed by atoms with E-state index in [1.165, 1.54) is 6.07 Å². The predicted octanol–water partition coefficient (Wildman–Crippen LogP) is 2.30. The van der Waals surface area contributed by atoms with Gasteiger partial charge in [0.25, 0.3) is 0 Å². The number of rotatable bonds is 1. The molecule has 0 radical (unpaired) electrons. The van der Waals surface area contributed by atoms with Crippen LogP contribution in [0.2, 0.25) is 0 Å². The molecule has 15 heavy (non-hydrogen) atoms. The van der Waals surface area contributed by atoms with Gasteiger partial charge in [-0.25, -0.2) is 8.42 Å². The Kier molecular flexibility index (Phi) is 5.03. The van der Waals surface area contributed by atoms with E-state index in [1.54, 1.807) is 19.1 Å². The molecule has 1 rings (SSSR count). The number of nitriles is 1. The summed E-state index contributed by atoms with van der Waals surface area (Å²) in [5.41, 5.74) is 1.03. The van der Waals surface area contributed by atoms with E-state index in [-0.39, 0.29) is 4.90 Å². The van der Waals surface area contributed by atoms with Crippen molar-refractivity contribution in [2.45, 2.75) is 25.7 Å². The molecule has 0 N–H and O–H groups in total. The lowest BCUT2D eigenvalue weighted by Gasteiger charge is -2.02. The van der Waals surface area contributed by atoms with E-state index in [0.717, 1.165) is 6.26 Å². The summed E-state index contributed by atoms with van der Waals surface area (Å²) in [6.45, 7) is 5.71. The molecule has 0 spiro atoms. The molecule has 0 fully saturated rings. The SMILES string of the molecule is CC.Cc1ccc(C#N)cc1S(C)(=O)=O. The highest BCUT2D eigenvalue weighted by Gasteiger charge is 2.10. The molecule has 82 valence electrons. The smallest absolute Gasteiger partial charge is 0.175 e. The molecule has 0 bridgehead atoms. The van der Waals surface area contributed by atoms with Crippen LogP contribution in [0.25, 0.3) is 0 Å². The van der Waals surface area contributed by atoms with Gasteiger partial charge < -0.3 is 0 Å². The van der Waals surface area contributed by atoms with Crippen LogP contribution in [-0.4, -0.2) is 14.7 Å². The molecule has 0 aliphatic rings. The summed E-state index contributed by atoms with van der Waals surface area (Å²) in [6.07, 6.45) is 1.14. The maximum absolute atomic E-state index is 11.2. The fourth-order valence-corrected chi connectivity index (χ4v) is 2.06. The third kappa shape index (κ3) is 3.72. The lowest BCUT2D eigenvalue weighted by Crippen LogP contribution is -2.00. The highest BCUT2D eigenvalue weighted by Crippen LogP contribution is 2.16. The van der Waals surface area contributed by atoms with Crippen LogP contribution in [0.4, 0.5) is 0 Å². The van der Waals surface area contributed by atoms with E-state index < -0.39 is 9.84 Å². The van der Waals surface area contributed by atoms with Crippen molar-refractivity contribution in [3.05, 3.63) is 29.3 Å². The molecule has 0 atom stereocenters. The van der Waals surface area contributed by atoms with Crippen molar-refractivity contribution < 1.29 is 8.42 Å². The molecule has 1 aromatic rings. The van der Waals surface area contributed by atoms with Crippen LogP contribution in [-0.2, 0) is 9.84 Å². The van der Waals surface area contributed by atoms with Gasteiger partial charge in [0.15, 0.2) is 9.84 Å². The summed E-state index contributed by atoms with van der Waals surface area (Å²) >= 11 is 0. The molecule has 0 aromatic heterocycles. The summed E-state index contributed by atoms with van der Waals surface area (Å²) < 4.78 is 22.4. The zero-order valence-electron chi connectivity index (χ0n) is 9.40. The normalized spacial score (nSPS) is 9.80. The highest BCUT2D eigenvalue weighted by molar-refractivity contribution is 7.90. The molecule has 0 amide bonds. The number of benzene rings is 1. The van der Waals surface area contributed by atoms with Crippen LogP contribution in [0.15, 0.2) is 23.1 Å². The molecule has 0 aliphatic heterocycles. The molecule has 0 saturated carbocycles. The van der Waals surface area contributed by atoms with Crippen molar-refractivity contribution >= 4 is 9.84 Å². The van der Waals surface area contributed by atoms with Crippen LogP contribution in [0, 0.1) is 18.3 Å². The van der Waals surface area contributed by atoms with Gasteiger partial charge in [-0.1, -0.05) is 19.9 Å². The predicted molar refractivity (Wildman–Crippen MR) is 60.4 cm³/mol. The van der Waals surface area contributed by atoms with Crippen LogP contribution in [0.5, 0.6) is 0 Å². The maximum atomic E-state index is 11.2. The number of nitrogens with zero attached hydrogens (tertiary/aromatic N) is 1. The molecule has 0 heterocycles. The number of sulfone groups is 1. The first-order valence-corrected chi connectivity index (χ1v) is 6.55. The summed E-state index contributed by atoms with van der Waals surface area (Å²) in [4.78, 5) is 0.228. The topological polar surface area (TPSA) is 57.9 Å². The Morgan fingerprint density at radius 2 is 1.80 bits per heavy atom. The van der Waals surface area contributed by atoms with Crippen LogP contribution in [0.1, 0.15) is 25.0 Å². The average molecular weight is 225 g/mol. The fraction of sp³-hybridized carbons (Fsp3) is 0.364. The van der Waals surface area contributed by atoms with Gasteiger partial charge in [0, 0.05) is 6.26 Å². The second kappa shape index (κ2) is 5.52. The fourth-order valence-electron chi connectivity index (χ4n) is 1.07. The lowest BCUT2D eigenvalue weighted by molar-refractivity contribution is 0.601. The molecule has 4 heteroatoms. The Bertz CT molecular complexity index is 470. The van der Waals surface area contributed by atoms with E-state index >= 15 is 0 Å². The molecule has 0 unspecified atom stereocenters. The Morgan fingerprint density at radius 3 is 2.20 bits per heavy atom. The first-order chi connectivity index (χ1) is 6.95.